The lowest BCUT2D eigenvalue weighted by Crippen LogP contribution is -2.25. The zero-order chi connectivity index (χ0) is 8.32. The highest BCUT2D eigenvalue weighted by atomic mass is 19.3. The van der Waals surface area contributed by atoms with Gasteiger partial charge in [0.05, 0.1) is 0 Å². The van der Waals surface area contributed by atoms with Crippen LogP contribution in [0.15, 0.2) is 0 Å². The molecule has 66 valence electrons. The fraction of sp³-hybridized carbons (Fsp3) is 1.00. The molecule has 1 nitrogen and oxygen atoms in total. The zero-order valence-electron chi connectivity index (χ0n) is 6.87. The molecule has 11 heavy (non-hydrogen) atoms. The lowest BCUT2D eigenvalue weighted by Gasteiger charge is -2.20. The van der Waals surface area contributed by atoms with Crippen molar-refractivity contribution in [2.75, 3.05) is 13.1 Å². The molecule has 1 heterocycles. The third-order valence-electron chi connectivity index (χ3n) is 2.29. The lowest BCUT2D eigenvalue weighted by molar-refractivity contribution is -0.0438. The van der Waals surface area contributed by atoms with Gasteiger partial charge in [0.15, 0.2) is 0 Å². The van der Waals surface area contributed by atoms with E-state index in [0.29, 0.717) is 12.8 Å². The first-order valence-corrected chi connectivity index (χ1v) is 4.19. The summed E-state index contributed by atoms with van der Waals surface area (Å²) in [5.74, 6) is -2.89. The molecule has 0 aromatic carbocycles. The molecule has 0 aromatic heterocycles. The summed E-state index contributed by atoms with van der Waals surface area (Å²) in [6.45, 7) is 2.67. The van der Waals surface area contributed by atoms with Gasteiger partial charge in [-0.15, -0.1) is 0 Å². The highest BCUT2D eigenvalue weighted by molar-refractivity contribution is 4.76. The number of alkyl halides is 2. The Kier molecular flexibility index (Phi) is 2.82. The average Bonchev–Trinajstić information content (AvgIpc) is 2.10. The van der Waals surface area contributed by atoms with E-state index in [4.69, 9.17) is 0 Å². The number of nitrogens with one attached hydrogen (secondary N) is 1. The van der Waals surface area contributed by atoms with Crippen LogP contribution < -0.4 is 5.32 Å². The number of hydrogen-bond donors (Lipinski definition) is 1. The summed E-state index contributed by atoms with van der Waals surface area (Å²) in [4.78, 5) is 0. The summed E-state index contributed by atoms with van der Waals surface area (Å²) in [6, 6.07) is 0. The molecular weight excluding hydrogens is 148 g/mol. The summed E-state index contributed by atoms with van der Waals surface area (Å²) >= 11 is 0. The van der Waals surface area contributed by atoms with Crippen LogP contribution in [0.25, 0.3) is 0 Å². The lowest BCUT2D eigenvalue weighted by atomic mass is 9.95. The predicted molar refractivity (Wildman–Crippen MR) is 40.8 cm³/mol. The van der Waals surface area contributed by atoms with Crippen LogP contribution in [0.4, 0.5) is 8.78 Å². The van der Waals surface area contributed by atoms with Gasteiger partial charge < -0.3 is 5.32 Å². The van der Waals surface area contributed by atoms with Crippen molar-refractivity contribution in [1.82, 2.24) is 5.32 Å². The molecule has 3 heteroatoms. The normalized spacial score (nSPS) is 28.1. The highest BCUT2D eigenvalue weighted by Crippen LogP contribution is 2.30. The Labute approximate surface area is 66.2 Å². The Morgan fingerprint density at radius 1 is 1.27 bits per heavy atom. The first-order chi connectivity index (χ1) is 5.11. The van der Waals surface area contributed by atoms with E-state index in [0.717, 1.165) is 26.4 Å². The second-order valence-corrected chi connectivity index (χ2v) is 3.33. The Morgan fingerprint density at radius 2 is 2.00 bits per heavy atom. The van der Waals surface area contributed by atoms with E-state index in [9.17, 15) is 8.78 Å². The molecule has 1 aliphatic heterocycles. The third kappa shape index (κ3) is 2.73. The monoisotopic (exact) mass is 163 g/mol. The van der Waals surface area contributed by atoms with E-state index in [1.807, 2.05) is 0 Å². The molecule has 0 aliphatic carbocycles. The van der Waals surface area contributed by atoms with E-state index >= 15 is 0 Å². The number of halogens is 2. The van der Waals surface area contributed by atoms with Gasteiger partial charge in [-0.1, -0.05) is 0 Å². The van der Waals surface area contributed by atoms with E-state index in [-0.39, 0.29) is 0 Å². The van der Waals surface area contributed by atoms with Gasteiger partial charge in [0.25, 0.3) is 0 Å². The molecule has 1 unspecified atom stereocenters. The topological polar surface area (TPSA) is 12.0 Å². The molecule has 0 bridgehead atoms. The third-order valence-corrected chi connectivity index (χ3v) is 2.29. The van der Waals surface area contributed by atoms with Crippen LogP contribution in [-0.2, 0) is 0 Å². The zero-order valence-corrected chi connectivity index (χ0v) is 6.87. The summed E-state index contributed by atoms with van der Waals surface area (Å²) in [7, 11) is 0. The molecule has 1 atom stereocenters. The maximum Gasteiger partial charge on any atom is 0.248 e. The fourth-order valence-electron chi connectivity index (χ4n) is 1.53. The predicted octanol–water partition coefficient (Wildman–Crippen LogP) is 2.03. The second kappa shape index (κ2) is 3.48. The molecule has 1 N–H and O–H groups in total. The van der Waals surface area contributed by atoms with E-state index in [2.05, 4.69) is 5.32 Å². The van der Waals surface area contributed by atoms with Crippen LogP contribution in [0.5, 0.6) is 0 Å². The molecule has 1 aliphatic rings. The smallest absolute Gasteiger partial charge is 0.248 e. The van der Waals surface area contributed by atoms with Gasteiger partial charge in [-0.3, -0.25) is 0 Å². The molecule has 0 amide bonds. The van der Waals surface area contributed by atoms with E-state index < -0.39 is 11.8 Å². The molecular formula is C8H15F2N. The van der Waals surface area contributed by atoms with Crippen LogP contribution in [-0.4, -0.2) is 19.0 Å². The summed E-state index contributed by atoms with van der Waals surface area (Å²) in [5.41, 5.74) is 0. The minimum Gasteiger partial charge on any atom is -0.317 e. The highest BCUT2D eigenvalue weighted by Gasteiger charge is 2.33. The van der Waals surface area contributed by atoms with Crippen LogP contribution in [0.1, 0.15) is 26.2 Å². The average molecular weight is 163 g/mol. The van der Waals surface area contributed by atoms with Gasteiger partial charge in [0.1, 0.15) is 0 Å². The minimum atomic E-state index is -2.48. The second-order valence-electron chi connectivity index (χ2n) is 3.33. The van der Waals surface area contributed by atoms with Crippen molar-refractivity contribution in [3.63, 3.8) is 0 Å². The van der Waals surface area contributed by atoms with Crippen molar-refractivity contribution in [3.8, 4) is 0 Å². The van der Waals surface area contributed by atoms with Crippen LogP contribution >= 0.6 is 0 Å². The molecule has 1 saturated heterocycles. The molecule has 0 spiro atoms. The van der Waals surface area contributed by atoms with Gasteiger partial charge >= 0.3 is 0 Å². The van der Waals surface area contributed by atoms with Gasteiger partial charge in [0, 0.05) is 5.92 Å². The molecule has 0 aromatic rings. The van der Waals surface area contributed by atoms with Gasteiger partial charge in [-0.25, -0.2) is 8.78 Å². The standard InChI is InChI=1S/C8H15F2N/c1-8(9,10)7-3-2-5-11-6-4-7/h7,11H,2-6H2,1H3. The molecule has 0 radical (unpaired) electrons. The first-order valence-electron chi connectivity index (χ1n) is 4.19. The fourth-order valence-corrected chi connectivity index (χ4v) is 1.53. The Morgan fingerprint density at radius 3 is 2.64 bits per heavy atom. The van der Waals surface area contributed by atoms with Crippen molar-refractivity contribution in [2.24, 2.45) is 5.92 Å². The van der Waals surface area contributed by atoms with Crippen molar-refractivity contribution in [3.05, 3.63) is 0 Å². The summed E-state index contributed by atoms with van der Waals surface area (Å²) < 4.78 is 25.5. The summed E-state index contributed by atoms with van der Waals surface area (Å²) in [5, 5.41) is 3.12. The maximum atomic E-state index is 12.8. The Bertz CT molecular complexity index is 112. The number of hydrogen-bond acceptors (Lipinski definition) is 1. The Hall–Kier alpha value is -0.180. The first kappa shape index (κ1) is 8.91. The van der Waals surface area contributed by atoms with E-state index in [1.54, 1.807) is 0 Å². The largest absolute Gasteiger partial charge is 0.317 e. The number of rotatable bonds is 1. The van der Waals surface area contributed by atoms with Gasteiger partial charge in [0.2, 0.25) is 5.92 Å². The molecule has 0 saturated carbocycles. The van der Waals surface area contributed by atoms with Crippen LogP contribution in [0.2, 0.25) is 0 Å². The maximum absolute atomic E-state index is 12.8. The van der Waals surface area contributed by atoms with E-state index in [1.165, 1.54) is 0 Å². The van der Waals surface area contributed by atoms with Crippen molar-refractivity contribution >= 4 is 0 Å². The molecule has 1 fully saturated rings. The minimum absolute atomic E-state index is 0.405. The SMILES string of the molecule is CC(F)(F)C1CCCNCC1. The van der Waals surface area contributed by atoms with Crippen molar-refractivity contribution in [1.29, 1.82) is 0 Å². The quantitative estimate of drug-likeness (QED) is 0.623. The van der Waals surface area contributed by atoms with Crippen molar-refractivity contribution < 1.29 is 8.78 Å². The molecule has 1 rings (SSSR count). The van der Waals surface area contributed by atoms with Gasteiger partial charge in [-0.05, 0) is 39.3 Å². The van der Waals surface area contributed by atoms with Crippen molar-refractivity contribution in [2.45, 2.75) is 32.1 Å². The van der Waals surface area contributed by atoms with Crippen LogP contribution in [0, 0.1) is 5.92 Å². The summed E-state index contributed by atoms with van der Waals surface area (Å²) in [6.07, 6.45) is 2.16. The van der Waals surface area contributed by atoms with Gasteiger partial charge in [-0.2, -0.15) is 0 Å². The van der Waals surface area contributed by atoms with Crippen LogP contribution in [0.3, 0.4) is 0 Å². The Balaban J connectivity index is 2.43.